The van der Waals surface area contributed by atoms with E-state index in [1.807, 2.05) is 32.0 Å². The molecule has 0 saturated heterocycles. The first-order valence-corrected chi connectivity index (χ1v) is 6.12. The van der Waals surface area contributed by atoms with Crippen molar-refractivity contribution in [2.45, 2.75) is 13.8 Å². The van der Waals surface area contributed by atoms with Crippen LogP contribution in [0.25, 0.3) is 0 Å². The number of rotatable bonds is 3. The van der Waals surface area contributed by atoms with Crippen molar-refractivity contribution in [3.63, 3.8) is 0 Å². The van der Waals surface area contributed by atoms with E-state index in [-0.39, 0.29) is 5.91 Å². The van der Waals surface area contributed by atoms with Gasteiger partial charge in [0.25, 0.3) is 5.91 Å². The highest BCUT2D eigenvalue weighted by atomic mass is 16.1. The van der Waals surface area contributed by atoms with Gasteiger partial charge in [0.05, 0.1) is 5.56 Å². The average Bonchev–Trinajstić information content (AvgIpc) is 2.43. The van der Waals surface area contributed by atoms with Crippen molar-refractivity contribution < 1.29 is 4.79 Å². The van der Waals surface area contributed by atoms with Crippen molar-refractivity contribution in [1.29, 1.82) is 0 Å². The number of amides is 1. The van der Waals surface area contributed by atoms with E-state index < -0.39 is 0 Å². The van der Waals surface area contributed by atoms with E-state index in [2.05, 4.69) is 15.6 Å². The van der Waals surface area contributed by atoms with Crippen LogP contribution in [0.15, 0.2) is 36.5 Å². The van der Waals surface area contributed by atoms with E-state index >= 15 is 0 Å². The second-order valence-corrected chi connectivity index (χ2v) is 4.44. The molecule has 98 valence electrons. The van der Waals surface area contributed by atoms with Gasteiger partial charge in [-0.25, -0.2) is 4.98 Å². The zero-order valence-electron chi connectivity index (χ0n) is 11.3. The maximum atomic E-state index is 12.0. The monoisotopic (exact) mass is 255 g/mol. The maximum absolute atomic E-state index is 12.0. The molecule has 0 spiro atoms. The second-order valence-electron chi connectivity index (χ2n) is 4.44. The molecule has 0 aliphatic rings. The molecule has 2 rings (SSSR count). The predicted octanol–water partition coefficient (Wildman–Crippen LogP) is 2.99. The number of nitrogens with zero attached hydrogens (tertiary/aromatic N) is 1. The number of hydrogen-bond acceptors (Lipinski definition) is 3. The van der Waals surface area contributed by atoms with Gasteiger partial charge in [-0.15, -0.1) is 0 Å². The van der Waals surface area contributed by atoms with Gasteiger partial charge in [-0.2, -0.15) is 0 Å². The Morgan fingerprint density at radius 3 is 2.47 bits per heavy atom. The minimum absolute atomic E-state index is 0.154. The largest absolute Gasteiger partial charge is 0.373 e. The van der Waals surface area contributed by atoms with Crippen molar-refractivity contribution in [2.24, 2.45) is 0 Å². The smallest absolute Gasteiger partial charge is 0.257 e. The summed E-state index contributed by atoms with van der Waals surface area (Å²) in [5.41, 5.74) is 3.70. The van der Waals surface area contributed by atoms with E-state index in [0.29, 0.717) is 5.56 Å². The fraction of sp³-hybridized carbons (Fsp3) is 0.200. The molecule has 0 saturated carbocycles. The highest BCUT2D eigenvalue weighted by Crippen LogP contribution is 2.15. The first kappa shape index (κ1) is 13.1. The molecule has 0 fully saturated rings. The lowest BCUT2D eigenvalue weighted by Gasteiger charge is -2.08. The van der Waals surface area contributed by atoms with Gasteiger partial charge >= 0.3 is 0 Å². The summed E-state index contributed by atoms with van der Waals surface area (Å²) in [5.74, 6) is 0.584. The maximum Gasteiger partial charge on any atom is 0.257 e. The van der Waals surface area contributed by atoms with E-state index in [4.69, 9.17) is 0 Å². The number of carbonyl (C=O) groups is 1. The van der Waals surface area contributed by atoms with Crippen molar-refractivity contribution in [3.8, 4) is 0 Å². The van der Waals surface area contributed by atoms with Gasteiger partial charge < -0.3 is 10.6 Å². The molecule has 1 aromatic carbocycles. The third-order valence-corrected chi connectivity index (χ3v) is 3.05. The number of anilines is 2. The number of aryl methyl sites for hydroxylation is 2. The number of hydrogen-bond donors (Lipinski definition) is 2. The molecule has 19 heavy (non-hydrogen) atoms. The van der Waals surface area contributed by atoms with E-state index in [1.165, 1.54) is 5.56 Å². The molecule has 2 aromatic rings. The molecule has 4 heteroatoms. The molecule has 0 unspecified atom stereocenters. The van der Waals surface area contributed by atoms with E-state index in [9.17, 15) is 4.79 Å². The number of aromatic nitrogens is 1. The van der Waals surface area contributed by atoms with Crippen LogP contribution in [0.1, 0.15) is 21.5 Å². The molecule has 1 heterocycles. The zero-order chi connectivity index (χ0) is 13.8. The van der Waals surface area contributed by atoms with Crippen molar-refractivity contribution >= 4 is 17.4 Å². The van der Waals surface area contributed by atoms with E-state index in [0.717, 1.165) is 17.1 Å². The lowest BCUT2D eigenvalue weighted by Crippen LogP contribution is -2.12. The van der Waals surface area contributed by atoms with Crippen LogP contribution >= 0.6 is 0 Å². The van der Waals surface area contributed by atoms with Gasteiger partial charge in [-0.05, 0) is 49.2 Å². The second kappa shape index (κ2) is 5.52. The molecule has 0 atom stereocenters. The fourth-order valence-electron chi connectivity index (χ4n) is 1.70. The van der Waals surface area contributed by atoms with E-state index in [1.54, 1.807) is 25.4 Å². The Kier molecular flexibility index (Phi) is 3.80. The van der Waals surface area contributed by atoms with Crippen LogP contribution in [-0.2, 0) is 0 Å². The Hall–Kier alpha value is -2.36. The van der Waals surface area contributed by atoms with Crippen LogP contribution in [0.4, 0.5) is 11.5 Å². The average molecular weight is 255 g/mol. The summed E-state index contributed by atoms with van der Waals surface area (Å²) in [6.45, 7) is 4.07. The first-order valence-electron chi connectivity index (χ1n) is 6.12. The summed E-state index contributed by atoms with van der Waals surface area (Å²) in [4.78, 5) is 16.2. The van der Waals surface area contributed by atoms with Crippen LogP contribution in [0.2, 0.25) is 0 Å². The predicted molar refractivity (Wildman–Crippen MR) is 77.7 cm³/mol. The fourth-order valence-corrected chi connectivity index (χ4v) is 1.70. The third kappa shape index (κ3) is 3.10. The Balaban J connectivity index is 2.13. The van der Waals surface area contributed by atoms with Crippen LogP contribution in [0, 0.1) is 13.8 Å². The first-order chi connectivity index (χ1) is 9.10. The Labute approximate surface area is 112 Å². The quantitative estimate of drug-likeness (QED) is 0.886. The summed E-state index contributed by atoms with van der Waals surface area (Å²) in [5, 5.41) is 5.78. The van der Waals surface area contributed by atoms with Crippen molar-refractivity contribution in [1.82, 2.24) is 4.98 Å². The summed E-state index contributed by atoms with van der Waals surface area (Å²) in [6.07, 6.45) is 1.56. The normalized spacial score (nSPS) is 10.1. The minimum Gasteiger partial charge on any atom is -0.373 e. The molecular formula is C15H17N3O. The zero-order valence-corrected chi connectivity index (χ0v) is 11.3. The van der Waals surface area contributed by atoms with Crippen molar-refractivity contribution in [3.05, 3.63) is 53.2 Å². The Morgan fingerprint density at radius 1 is 1.11 bits per heavy atom. The molecule has 0 bridgehead atoms. The van der Waals surface area contributed by atoms with Gasteiger partial charge in [-0.1, -0.05) is 6.07 Å². The van der Waals surface area contributed by atoms with Crippen molar-refractivity contribution in [2.75, 3.05) is 17.7 Å². The molecule has 2 N–H and O–H groups in total. The standard InChI is InChI=1S/C15H17N3O/c1-10-4-6-13(8-11(10)2)18-15(19)12-5-7-14(16-3)17-9-12/h4-9H,1-3H3,(H,16,17)(H,18,19). The molecule has 1 amide bonds. The van der Waals surface area contributed by atoms with Crippen LogP contribution in [0.3, 0.4) is 0 Å². The Morgan fingerprint density at radius 2 is 1.89 bits per heavy atom. The summed E-state index contributed by atoms with van der Waals surface area (Å²) < 4.78 is 0. The minimum atomic E-state index is -0.154. The summed E-state index contributed by atoms with van der Waals surface area (Å²) >= 11 is 0. The van der Waals surface area contributed by atoms with Crippen LogP contribution in [-0.4, -0.2) is 17.9 Å². The highest BCUT2D eigenvalue weighted by Gasteiger charge is 2.07. The number of nitrogens with one attached hydrogen (secondary N) is 2. The lowest BCUT2D eigenvalue weighted by molar-refractivity contribution is 0.102. The number of pyridine rings is 1. The Bertz CT molecular complexity index is 591. The van der Waals surface area contributed by atoms with Crippen LogP contribution in [0.5, 0.6) is 0 Å². The lowest BCUT2D eigenvalue weighted by atomic mass is 10.1. The van der Waals surface area contributed by atoms with Crippen LogP contribution < -0.4 is 10.6 Å². The summed E-state index contributed by atoms with van der Waals surface area (Å²) in [6, 6.07) is 9.37. The molecule has 0 aliphatic heterocycles. The van der Waals surface area contributed by atoms with Gasteiger partial charge in [0, 0.05) is 18.9 Å². The topological polar surface area (TPSA) is 54.0 Å². The highest BCUT2D eigenvalue weighted by molar-refractivity contribution is 6.04. The molecule has 1 aromatic heterocycles. The number of benzene rings is 1. The van der Waals surface area contributed by atoms with Gasteiger partial charge in [0.2, 0.25) is 0 Å². The molecular weight excluding hydrogens is 238 g/mol. The molecule has 4 nitrogen and oxygen atoms in total. The summed E-state index contributed by atoms with van der Waals surface area (Å²) in [7, 11) is 1.79. The van der Waals surface area contributed by atoms with Gasteiger partial charge in [0.1, 0.15) is 5.82 Å². The van der Waals surface area contributed by atoms with Gasteiger partial charge in [-0.3, -0.25) is 4.79 Å². The number of carbonyl (C=O) groups excluding carboxylic acids is 1. The molecule has 0 radical (unpaired) electrons. The molecule has 0 aliphatic carbocycles. The SMILES string of the molecule is CNc1ccc(C(=O)Nc2ccc(C)c(C)c2)cn1. The van der Waals surface area contributed by atoms with Gasteiger partial charge in [0.15, 0.2) is 0 Å². The third-order valence-electron chi connectivity index (χ3n) is 3.05.